The minimum Gasteiger partial charge on any atom is -0.273 e. The predicted octanol–water partition coefficient (Wildman–Crippen LogP) is 5.47. The molecule has 1 saturated heterocycles. The summed E-state index contributed by atoms with van der Waals surface area (Å²) in [6, 6.07) is 21.6. The summed E-state index contributed by atoms with van der Waals surface area (Å²) in [5.74, 6) is -1.37. The van der Waals surface area contributed by atoms with Crippen LogP contribution in [0.5, 0.6) is 0 Å². The first-order chi connectivity index (χ1) is 14.9. The molecule has 1 fully saturated rings. The number of nitrogens with one attached hydrogen (secondary N) is 1. The fourth-order valence-corrected chi connectivity index (χ4v) is 3.93. The number of urea groups is 1. The third-order valence-electron chi connectivity index (χ3n) is 4.83. The van der Waals surface area contributed by atoms with Gasteiger partial charge in [-0.2, -0.15) is 0 Å². The van der Waals surface area contributed by atoms with Gasteiger partial charge in [-0.1, -0.05) is 74.3 Å². The Kier molecular flexibility index (Phi) is 6.15. The van der Waals surface area contributed by atoms with Crippen LogP contribution in [0.3, 0.4) is 0 Å². The van der Waals surface area contributed by atoms with Gasteiger partial charge >= 0.3 is 6.03 Å². The minimum absolute atomic E-state index is 0.0962. The molecule has 0 spiro atoms. The molecule has 0 unspecified atom stereocenters. The van der Waals surface area contributed by atoms with E-state index in [0.717, 1.165) is 25.8 Å². The molecule has 0 bridgehead atoms. The van der Waals surface area contributed by atoms with Crippen molar-refractivity contribution in [3.05, 3.63) is 104 Å². The zero-order valence-corrected chi connectivity index (χ0v) is 19.3. The van der Waals surface area contributed by atoms with Crippen molar-refractivity contribution in [2.24, 2.45) is 0 Å². The lowest BCUT2D eigenvalue weighted by atomic mass is 10.0. The van der Waals surface area contributed by atoms with Crippen LogP contribution in [0.25, 0.3) is 6.08 Å². The van der Waals surface area contributed by atoms with Gasteiger partial charge in [0.15, 0.2) is 0 Å². The molecule has 0 saturated carbocycles. The maximum atomic E-state index is 12.9. The number of anilines is 1. The van der Waals surface area contributed by atoms with Crippen LogP contribution < -0.4 is 10.2 Å². The zero-order valence-electron chi connectivity index (χ0n) is 16.1. The lowest BCUT2D eigenvalue weighted by Crippen LogP contribution is -2.54. The maximum Gasteiger partial charge on any atom is 0.335 e. The van der Waals surface area contributed by atoms with Crippen molar-refractivity contribution in [3.63, 3.8) is 0 Å². The second-order valence-electron chi connectivity index (χ2n) is 6.94. The first-order valence-electron chi connectivity index (χ1n) is 9.42. The molecule has 1 N–H and O–H groups in total. The fourth-order valence-electron chi connectivity index (χ4n) is 3.24. The fraction of sp³-hybridized carbons (Fsp3) is 0.0417. The maximum absolute atomic E-state index is 12.9. The smallest absolute Gasteiger partial charge is 0.273 e. The highest BCUT2D eigenvalue weighted by Crippen LogP contribution is 2.24. The number of hydrogen-bond acceptors (Lipinski definition) is 3. The number of nitrogens with zero attached hydrogens (tertiary/aromatic N) is 1. The number of benzene rings is 3. The van der Waals surface area contributed by atoms with Crippen molar-refractivity contribution in [2.45, 2.75) is 6.42 Å². The number of amides is 4. The van der Waals surface area contributed by atoms with Crippen LogP contribution in [0.1, 0.15) is 16.7 Å². The molecule has 4 amide bonds. The number of carbonyl (C=O) groups excluding carboxylic acids is 3. The number of carbonyl (C=O) groups is 3. The van der Waals surface area contributed by atoms with E-state index < -0.39 is 17.8 Å². The average molecular weight is 540 g/mol. The highest BCUT2D eigenvalue weighted by atomic mass is 79.9. The molecule has 31 heavy (non-hydrogen) atoms. The molecule has 7 heteroatoms. The van der Waals surface area contributed by atoms with Crippen LogP contribution in [-0.2, 0) is 16.0 Å². The molecular formula is C24H16Br2N2O3. The largest absolute Gasteiger partial charge is 0.335 e. The van der Waals surface area contributed by atoms with E-state index in [1.54, 1.807) is 24.3 Å². The highest BCUT2D eigenvalue weighted by Gasteiger charge is 2.36. The standard InChI is InChI=1S/C24H16Br2N2O3/c25-18-9-11-19(12-10-18)28-23(30)20(22(29)27-24(28)31)14-16-7-5-15(6-8-16)13-17-3-1-2-4-21(17)26/h1-12,14H,13H2,(H,27,29,31)/b20-14+. The summed E-state index contributed by atoms with van der Waals surface area (Å²) in [7, 11) is 0. The van der Waals surface area contributed by atoms with E-state index in [9.17, 15) is 14.4 Å². The topological polar surface area (TPSA) is 66.5 Å². The van der Waals surface area contributed by atoms with Gasteiger partial charge in [-0.05, 0) is 59.5 Å². The van der Waals surface area contributed by atoms with Gasteiger partial charge < -0.3 is 0 Å². The molecule has 154 valence electrons. The summed E-state index contributed by atoms with van der Waals surface area (Å²) in [5.41, 5.74) is 3.24. The third kappa shape index (κ3) is 4.68. The number of halogens is 2. The predicted molar refractivity (Wildman–Crippen MR) is 127 cm³/mol. The molecule has 0 atom stereocenters. The molecular weight excluding hydrogens is 524 g/mol. The zero-order chi connectivity index (χ0) is 22.0. The van der Waals surface area contributed by atoms with Crippen LogP contribution in [-0.4, -0.2) is 17.8 Å². The van der Waals surface area contributed by atoms with Gasteiger partial charge in [-0.15, -0.1) is 0 Å². The molecule has 0 aromatic heterocycles. The number of rotatable bonds is 4. The monoisotopic (exact) mass is 538 g/mol. The molecule has 5 nitrogen and oxygen atoms in total. The Hall–Kier alpha value is -3.03. The van der Waals surface area contributed by atoms with Gasteiger partial charge in [-0.3, -0.25) is 14.9 Å². The Labute approximate surface area is 196 Å². The third-order valence-corrected chi connectivity index (χ3v) is 6.13. The number of imide groups is 2. The Balaban J connectivity index is 1.58. The highest BCUT2D eigenvalue weighted by molar-refractivity contribution is 9.10. The molecule has 0 aliphatic carbocycles. The van der Waals surface area contributed by atoms with Crippen molar-refractivity contribution in [1.82, 2.24) is 5.32 Å². The van der Waals surface area contributed by atoms with E-state index in [0.29, 0.717) is 11.3 Å². The van der Waals surface area contributed by atoms with Crippen molar-refractivity contribution in [3.8, 4) is 0 Å². The molecule has 4 rings (SSSR count). The van der Waals surface area contributed by atoms with Gasteiger partial charge in [0.1, 0.15) is 5.57 Å². The van der Waals surface area contributed by atoms with Crippen molar-refractivity contribution in [1.29, 1.82) is 0 Å². The summed E-state index contributed by atoms with van der Waals surface area (Å²) >= 11 is 6.88. The Morgan fingerprint density at radius 3 is 2.19 bits per heavy atom. The van der Waals surface area contributed by atoms with Gasteiger partial charge in [-0.25, -0.2) is 9.69 Å². The van der Waals surface area contributed by atoms with E-state index in [-0.39, 0.29) is 5.57 Å². The average Bonchev–Trinajstić information content (AvgIpc) is 2.75. The van der Waals surface area contributed by atoms with Crippen LogP contribution in [0.15, 0.2) is 87.3 Å². The number of hydrogen-bond donors (Lipinski definition) is 1. The van der Waals surface area contributed by atoms with Crippen molar-refractivity contribution < 1.29 is 14.4 Å². The normalized spacial score (nSPS) is 15.4. The molecule has 3 aromatic rings. The lowest BCUT2D eigenvalue weighted by molar-refractivity contribution is -0.122. The Bertz CT molecular complexity index is 1200. The summed E-state index contributed by atoms with van der Waals surface area (Å²) in [6.07, 6.45) is 2.25. The summed E-state index contributed by atoms with van der Waals surface area (Å²) in [5, 5.41) is 2.24. The number of barbiturate groups is 1. The molecule has 1 aliphatic heterocycles. The van der Waals surface area contributed by atoms with E-state index in [1.165, 1.54) is 11.6 Å². The Morgan fingerprint density at radius 2 is 1.52 bits per heavy atom. The first kappa shape index (κ1) is 21.2. The van der Waals surface area contributed by atoms with Gasteiger partial charge in [0.05, 0.1) is 5.69 Å². The van der Waals surface area contributed by atoms with Crippen LogP contribution in [0.2, 0.25) is 0 Å². The summed E-state index contributed by atoms with van der Waals surface area (Å²) < 4.78 is 1.86. The van der Waals surface area contributed by atoms with Crippen molar-refractivity contribution >= 4 is 61.5 Å². The van der Waals surface area contributed by atoms with E-state index in [4.69, 9.17) is 0 Å². The van der Waals surface area contributed by atoms with Crippen LogP contribution in [0, 0.1) is 0 Å². The second kappa shape index (κ2) is 8.99. The Morgan fingerprint density at radius 1 is 0.839 bits per heavy atom. The van der Waals surface area contributed by atoms with E-state index in [1.807, 2.05) is 42.5 Å². The molecule has 0 radical (unpaired) electrons. The molecule has 1 aliphatic rings. The molecule has 3 aromatic carbocycles. The SMILES string of the molecule is O=C1NC(=O)N(c2ccc(Br)cc2)C(=O)/C1=C/c1ccc(Cc2ccccc2Br)cc1. The van der Waals surface area contributed by atoms with E-state index >= 15 is 0 Å². The van der Waals surface area contributed by atoms with Gasteiger partial charge in [0.25, 0.3) is 11.8 Å². The summed E-state index contributed by atoms with van der Waals surface area (Å²) in [4.78, 5) is 38.5. The van der Waals surface area contributed by atoms with Crippen LogP contribution in [0.4, 0.5) is 10.5 Å². The van der Waals surface area contributed by atoms with Gasteiger partial charge in [0, 0.05) is 8.95 Å². The van der Waals surface area contributed by atoms with Crippen LogP contribution >= 0.6 is 31.9 Å². The lowest BCUT2D eigenvalue weighted by Gasteiger charge is -2.26. The van der Waals surface area contributed by atoms with Crippen molar-refractivity contribution in [2.75, 3.05) is 4.90 Å². The summed E-state index contributed by atoms with van der Waals surface area (Å²) in [6.45, 7) is 0. The second-order valence-corrected chi connectivity index (χ2v) is 8.71. The first-order valence-corrected chi connectivity index (χ1v) is 11.0. The molecule has 1 heterocycles. The minimum atomic E-state index is -0.766. The quantitative estimate of drug-likeness (QED) is 0.353. The van der Waals surface area contributed by atoms with E-state index in [2.05, 4.69) is 43.2 Å². The van der Waals surface area contributed by atoms with Gasteiger partial charge in [0.2, 0.25) is 0 Å².